The van der Waals surface area contributed by atoms with Crippen molar-refractivity contribution in [2.45, 2.75) is 37.1 Å². The van der Waals surface area contributed by atoms with Gasteiger partial charge >= 0.3 is 0 Å². The highest BCUT2D eigenvalue weighted by molar-refractivity contribution is 7.89. The van der Waals surface area contributed by atoms with Crippen LogP contribution in [0.5, 0.6) is 0 Å². The quantitative estimate of drug-likeness (QED) is 0.858. The first kappa shape index (κ1) is 17.0. The number of sulfonamides is 1. The van der Waals surface area contributed by atoms with Gasteiger partial charge in [0.25, 0.3) is 10.0 Å². The molecule has 1 saturated heterocycles. The summed E-state index contributed by atoms with van der Waals surface area (Å²) in [6.45, 7) is 4.11. The summed E-state index contributed by atoms with van der Waals surface area (Å²) in [5, 5.41) is 1.66. The van der Waals surface area contributed by atoms with Crippen LogP contribution in [0.1, 0.15) is 25.3 Å². The number of rotatable bonds is 4. The van der Waals surface area contributed by atoms with E-state index in [4.69, 9.17) is 4.74 Å². The number of amides is 1. The molecule has 1 aromatic rings. The number of hydrogen-bond acceptors (Lipinski definition) is 5. The maximum absolute atomic E-state index is 12.6. The summed E-state index contributed by atoms with van der Waals surface area (Å²) >= 11 is 0. The second-order valence-corrected chi connectivity index (χ2v) is 8.68. The number of fused-ring (bicyclic) bond motifs is 1. The van der Waals surface area contributed by atoms with E-state index in [9.17, 15) is 13.2 Å². The molecule has 1 amide bonds. The Kier molecular flexibility index (Phi) is 4.31. The molecule has 0 bridgehead atoms. The molecule has 1 N–H and O–H groups in total. The molecule has 0 aromatic heterocycles. The third-order valence-electron chi connectivity index (χ3n) is 5.00. The molecule has 7 nitrogen and oxygen atoms in total. The summed E-state index contributed by atoms with van der Waals surface area (Å²) < 4.78 is 30.5. The minimum absolute atomic E-state index is 0.0771. The molecule has 25 heavy (non-hydrogen) atoms. The Morgan fingerprint density at radius 2 is 1.96 bits per heavy atom. The van der Waals surface area contributed by atoms with Crippen molar-refractivity contribution in [3.8, 4) is 0 Å². The maximum atomic E-state index is 12.6. The fourth-order valence-electron chi connectivity index (χ4n) is 3.51. The molecule has 2 aliphatic heterocycles. The highest BCUT2D eigenvalue weighted by Gasteiger charge is 2.39. The molecule has 4 rings (SSSR count). The van der Waals surface area contributed by atoms with Gasteiger partial charge in [-0.1, -0.05) is 0 Å². The number of carbonyl (C=O) groups excluding carboxylic acids is 1. The van der Waals surface area contributed by atoms with Crippen molar-refractivity contribution in [2.24, 2.45) is 5.92 Å². The van der Waals surface area contributed by atoms with Crippen molar-refractivity contribution in [1.29, 1.82) is 0 Å². The summed E-state index contributed by atoms with van der Waals surface area (Å²) in [6.07, 6.45) is 2.62. The Morgan fingerprint density at radius 3 is 2.64 bits per heavy atom. The van der Waals surface area contributed by atoms with Crippen LogP contribution in [0.15, 0.2) is 23.1 Å². The van der Waals surface area contributed by atoms with Crippen molar-refractivity contribution in [2.75, 3.05) is 31.2 Å². The number of morpholine rings is 1. The number of nitrogens with zero attached hydrogens (tertiary/aromatic N) is 2. The van der Waals surface area contributed by atoms with Crippen molar-refractivity contribution in [1.82, 2.24) is 9.84 Å². The Bertz CT molecular complexity index is 785. The van der Waals surface area contributed by atoms with Gasteiger partial charge in [-0.2, -0.15) is 0 Å². The minimum atomic E-state index is -3.62. The molecule has 1 atom stereocenters. The lowest BCUT2D eigenvalue weighted by Crippen LogP contribution is -2.48. The number of hydrazine groups is 1. The summed E-state index contributed by atoms with van der Waals surface area (Å²) in [5.74, 6) is 0.327. The molecular formula is C17H23N3O4S. The zero-order chi connectivity index (χ0) is 17.6. The van der Waals surface area contributed by atoms with Gasteiger partial charge in [-0.25, -0.2) is 13.4 Å². The molecule has 3 aliphatic rings. The summed E-state index contributed by atoms with van der Waals surface area (Å²) in [4.78, 5) is 17.2. The molecule has 0 radical (unpaired) electrons. The largest absolute Gasteiger partial charge is 0.379 e. The lowest BCUT2D eigenvalue weighted by Gasteiger charge is -2.26. The fourth-order valence-corrected chi connectivity index (χ4v) is 4.69. The van der Waals surface area contributed by atoms with Crippen LogP contribution in [0, 0.1) is 5.92 Å². The number of benzene rings is 1. The Morgan fingerprint density at radius 1 is 1.24 bits per heavy atom. The van der Waals surface area contributed by atoms with Crippen LogP contribution >= 0.6 is 0 Å². The summed E-state index contributed by atoms with van der Waals surface area (Å²) in [6, 6.07) is 5.14. The number of carbonyl (C=O) groups is 1. The topological polar surface area (TPSA) is 79.0 Å². The lowest BCUT2D eigenvalue weighted by atomic mass is 10.1. The monoisotopic (exact) mass is 365 g/mol. The zero-order valence-corrected chi connectivity index (χ0v) is 15.1. The molecule has 0 unspecified atom stereocenters. The van der Waals surface area contributed by atoms with Crippen LogP contribution in [-0.2, 0) is 26.0 Å². The van der Waals surface area contributed by atoms with Gasteiger partial charge in [0.05, 0.1) is 18.1 Å². The van der Waals surface area contributed by atoms with E-state index < -0.39 is 10.0 Å². The molecule has 1 aliphatic carbocycles. The molecular weight excluding hydrogens is 342 g/mol. The highest BCUT2D eigenvalue weighted by Crippen LogP contribution is 2.39. The summed E-state index contributed by atoms with van der Waals surface area (Å²) in [7, 11) is -3.62. The molecule has 2 heterocycles. The van der Waals surface area contributed by atoms with Gasteiger partial charge in [0.15, 0.2) is 0 Å². The Labute approximate surface area is 148 Å². The zero-order valence-electron chi connectivity index (χ0n) is 14.3. The van der Waals surface area contributed by atoms with Gasteiger partial charge < -0.3 is 9.64 Å². The average Bonchev–Trinajstić information content (AvgIpc) is 3.37. The lowest BCUT2D eigenvalue weighted by molar-refractivity contribution is -0.120. The van der Waals surface area contributed by atoms with Crippen molar-refractivity contribution in [3.63, 3.8) is 0 Å². The van der Waals surface area contributed by atoms with Crippen LogP contribution < -0.4 is 9.73 Å². The molecule has 1 aromatic carbocycles. The van der Waals surface area contributed by atoms with Gasteiger partial charge in [0, 0.05) is 30.7 Å². The number of anilines is 1. The van der Waals surface area contributed by atoms with Crippen LogP contribution in [0.4, 0.5) is 5.69 Å². The van der Waals surface area contributed by atoms with Gasteiger partial charge in [-0.15, -0.1) is 4.83 Å². The summed E-state index contributed by atoms with van der Waals surface area (Å²) in [5.41, 5.74) is 1.78. The van der Waals surface area contributed by atoms with Gasteiger partial charge in [0.2, 0.25) is 5.91 Å². The first-order chi connectivity index (χ1) is 12.0. The Hall–Kier alpha value is -1.48. The van der Waals surface area contributed by atoms with E-state index >= 15 is 0 Å². The van der Waals surface area contributed by atoms with E-state index in [1.807, 2.05) is 11.8 Å². The Balaban J connectivity index is 1.57. The van der Waals surface area contributed by atoms with E-state index in [0.717, 1.165) is 24.1 Å². The standard InChI is InChI=1S/C17H23N3O4S/c1-12-10-14-11-15(25(22,23)18-19-6-8-24-9-7-19)4-5-16(14)20(12)17(21)13-2-3-13/h4-5,11-13,18H,2-3,6-10H2,1H3/t12-/m1/s1. The van der Waals surface area contributed by atoms with Crippen LogP contribution in [-0.4, -0.2) is 51.7 Å². The van der Waals surface area contributed by atoms with E-state index in [1.54, 1.807) is 23.2 Å². The number of hydrogen-bond donors (Lipinski definition) is 1. The maximum Gasteiger partial charge on any atom is 0.253 e. The number of ether oxygens (including phenoxy) is 1. The molecule has 2 fully saturated rings. The van der Waals surface area contributed by atoms with Crippen molar-refractivity contribution >= 4 is 21.6 Å². The van der Waals surface area contributed by atoms with Crippen LogP contribution in [0.2, 0.25) is 0 Å². The van der Waals surface area contributed by atoms with E-state index in [0.29, 0.717) is 32.7 Å². The van der Waals surface area contributed by atoms with Gasteiger partial charge in [-0.3, -0.25) is 4.79 Å². The first-order valence-electron chi connectivity index (χ1n) is 8.77. The predicted octanol–water partition coefficient (Wildman–Crippen LogP) is 0.900. The normalized spacial score (nSPS) is 24.4. The second-order valence-electron chi connectivity index (χ2n) is 7.02. The van der Waals surface area contributed by atoms with E-state index in [-0.39, 0.29) is 22.8 Å². The average molecular weight is 365 g/mol. The van der Waals surface area contributed by atoms with Crippen LogP contribution in [0.3, 0.4) is 0 Å². The molecule has 1 saturated carbocycles. The minimum Gasteiger partial charge on any atom is -0.379 e. The highest BCUT2D eigenvalue weighted by atomic mass is 32.2. The van der Waals surface area contributed by atoms with E-state index in [1.165, 1.54) is 0 Å². The third kappa shape index (κ3) is 3.31. The SMILES string of the molecule is C[C@@H]1Cc2cc(S(=O)(=O)NN3CCOCC3)ccc2N1C(=O)C1CC1. The fraction of sp³-hybridized carbons (Fsp3) is 0.588. The third-order valence-corrected chi connectivity index (χ3v) is 6.37. The van der Waals surface area contributed by atoms with Crippen LogP contribution in [0.25, 0.3) is 0 Å². The van der Waals surface area contributed by atoms with Crippen molar-refractivity contribution < 1.29 is 17.9 Å². The van der Waals surface area contributed by atoms with Gasteiger partial charge in [0.1, 0.15) is 0 Å². The predicted molar refractivity (Wildman–Crippen MR) is 92.5 cm³/mol. The molecule has 0 spiro atoms. The smallest absolute Gasteiger partial charge is 0.253 e. The molecule has 136 valence electrons. The number of nitrogens with one attached hydrogen (secondary N) is 1. The van der Waals surface area contributed by atoms with E-state index in [2.05, 4.69) is 4.83 Å². The first-order valence-corrected chi connectivity index (χ1v) is 10.3. The second kappa shape index (κ2) is 6.35. The molecule has 8 heteroatoms. The van der Waals surface area contributed by atoms with Crippen molar-refractivity contribution in [3.05, 3.63) is 23.8 Å². The van der Waals surface area contributed by atoms with Gasteiger partial charge in [-0.05, 0) is 49.9 Å².